The van der Waals surface area contributed by atoms with Gasteiger partial charge in [-0.2, -0.15) is 21.6 Å². The van der Waals surface area contributed by atoms with E-state index in [1.807, 2.05) is 13.8 Å². The number of rotatable bonds is 16. The second-order valence-electron chi connectivity index (χ2n) is 10.0. The standard InChI is InChI=1S/C27H42BrF3N2O5S/c1-7-11-13-19(9-3)17-32(5)25(34)22-15-21(28)16-23(24(22)38-39(36,37)27(29,30)31)26(35)33(6)18-20(10-4)14-12-8-2/h15-16,19-20H,7-14,17-18H2,1-6H3. The van der Waals surface area contributed by atoms with Crippen LogP contribution in [0.2, 0.25) is 0 Å². The van der Waals surface area contributed by atoms with E-state index in [9.17, 15) is 31.2 Å². The van der Waals surface area contributed by atoms with Crippen LogP contribution in [0, 0.1) is 11.8 Å². The third-order valence-electron chi connectivity index (χ3n) is 6.84. The summed E-state index contributed by atoms with van der Waals surface area (Å²) in [4.78, 5) is 29.6. The van der Waals surface area contributed by atoms with E-state index in [1.165, 1.54) is 36.0 Å². The second-order valence-corrected chi connectivity index (χ2v) is 12.5. The summed E-state index contributed by atoms with van der Waals surface area (Å²) >= 11 is 3.23. The molecule has 2 amide bonds. The first-order valence-corrected chi connectivity index (χ1v) is 15.7. The van der Waals surface area contributed by atoms with Gasteiger partial charge in [-0.1, -0.05) is 82.1 Å². The van der Waals surface area contributed by atoms with Crippen LogP contribution in [0.1, 0.15) is 99.8 Å². The molecule has 0 aliphatic carbocycles. The van der Waals surface area contributed by atoms with Gasteiger partial charge in [0.25, 0.3) is 11.8 Å². The molecule has 0 radical (unpaired) electrons. The molecule has 1 rings (SSSR count). The second kappa shape index (κ2) is 15.8. The Hall–Kier alpha value is -1.82. The summed E-state index contributed by atoms with van der Waals surface area (Å²) in [6.45, 7) is 8.70. The molecule has 0 saturated heterocycles. The number of unbranched alkanes of at least 4 members (excludes halogenated alkanes) is 2. The van der Waals surface area contributed by atoms with Crippen LogP contribution in [-0.4, -0.2) is 62.7 Å². The molecule has 1 aromatic carbocycles. The smallest absolute Gasteiger partial charge is 0.374 e. The number of carbonyl (C=O) groups excluding carboxylic acids is 2. The number of hydrogen-bond donors (Lipinski definition) is 0. The van der Waals surface area contributed by atoms with Gasteiger partial charge in [0.05, 0.1) is 11.1 Å². The van der Waals surface area contributed by atoms with E-state index in [2.05, 4.69) is 34.0 Å². The van der Waals surface area contributed by atoms with E-state index >= 15 is 0 Å². The van der Waals surface area contributed by atoms with Gasteiger partial charge in [-0.25, -0.2) is 0 Å². The van der Waals surface area contributed by atoms with Crippen LogP contribution in [-0.2, 0) is 10.1 Å². The molecular formula is C27H42BrF3N2O5S. The largest absolute Gasteiger partial charge is 0.534 e. The molecule has 0 bridgehead atoms. The molecule has 39 heavy (non-hydrogen) atoms. The van der Waals surface area contributed by atoms with Crippen molar-refractivity contribution >= 4 is 37.9 Å². The zero-order valence-corrected chi connectivity index (χ0v) is 26.1. The summed E-state index contributed by atoms with van der Waals surface area (Å²) in [6, 6.07) is 2.36. The Morgan fingerprint density at radius 3 is 1.56 bits per heavy atom. The maximum atomic E-state index is 13.5. The highest BCUT2D eigenvalue weighted by Crippen LogP contribution is 2.35. The first-order valence-electron chi connectivity index (χ1n) is 13.5. The highest BCUT2D eigenvalue weighted by Gasteiger charge is 2.49. The van der Waals surface area contributed by atoms with Crippen molar-refractivity contribution in [3.63, 3.8) is 0 Å². The van der Waals surface area contributed by atoms with Crippen molar-refractivity contribution in [2.45, 2.75) is 84.6 Å². The molecule has 0 heterocycles. The highest BCUT2D eigenvalue weighted by atomic mass is 79.9. The van der Waals surface area contributed by atoms with Crippen LogP contribution in [0.25, 0.3) is 0 Å². The zero-order chi connectivity index (χ0) is 30.0. The van der Waals surface area contributed by atoms with Crippen LogP contribution in [0.15, 0.2) is 16.6 Å². The van der Waals surface area contributed by atoms with E-state index in [-0.39, 0.29) is 16.3 Å². The van der Waals surface area contributed by atoms with Gasteiger partial charge in [0, 0.05) is 31.7 Å². The minimum absolute atomic E-state index is 0.149. The molecule has 0 spiro atoms. The Morgan fingerprint density at radius 2 is 1.26 bits per heavy atom. The maximum absolute atomic E-state index is 13.5. The molecule has 0 aliphatic heterocycles. The van der Waals surface area contributed by atoms with Crippen LogP contribution in [0.5, 0.6) is 5.75 Å². The lowest BCUT2D eigenvalue weighted by atomic mass is 9.98. The first-order chi connectivity index (χ1) is 18.1. The van der Waals surface area contributed by atoms with Gasteiger partial charge >= 0.3 is 15.6 Å². The molecule has 0 aromatic heterocycles. The monoisotopic (exact) mass is 642 g/mol. The Morgan fingerprint density at radius 1 is 0.872 bits per heavy atom. The number of nitrogens with zero attached hydrogens (tertiary/aromatic N) is 2. The van der Waals surface area contributed by atoms with Crippen LogP contribution >= 0.6 is 15.9 Å². The van der Waals surface area contributed by atoms with Gasteiger partial charge in [-0.15, -0.1) is 0 Å². The average Bonchev–Trinajstić information content (AvgIpc) is 2.87. The van der Waals surface area contributed by atoms with Crippen molar-refractivity contribution in [3.05, 3.63) is 27.7 Å². The Kier molecular flexibility index (Phi) is 14.3. The third-order valence-corrected chi connectivity index (χ3v) is 8.25. The molecule has 2 unspecified atom stereocenters. The summed E-state index contributed by atoms with van der Waals surface area (Å²) in [5.74, 6) is -2.12. The fourth-order valence-corrected chi connectivity index (χ4v) is 5.30. The van der Waals surface area contributed by atoms with Crippen LogP contribution < -0.4 is 4.18 Å². The van der Waals surface area contributed by atoms with Gasteiger partial charge in [-0.05, 0) is 36.8 Å². The molecule has 12 heteroatoms. The minimum atomic E-state index is -6.16. The lowest BCUT2D eigenvalue weighted by Crippen LogP contribution is -2.35. The molecule has 1 aromatic rings. The first kappa shape index (κ1) is 35.2. The van der Waals surface area contributed by atoms with E-state index in [0.717, 1.165) is 51.4 Å². The maximum Gasteiger partial charge on any atom is 0.534 e. The van der Waals surface area contributed by atoms with Crippen molar-refractivity contribution in [3.8, 4) is 5.75 Å². The number of hydrogen-bond acceptors (Lipinski definition) is 5. The van der Waals surface area contributed by atoms with Gasteiger partial charge < -0.3 is 14.0 Å². The summed E-state index contributed by atoms with van der Waals surface area (Å²) < 4.78 is 68.9. The lowest BCUT2D eigenvalue weighted by molar-refractivity contribution is -0.0500. The van der Waals surface area contributed by atoms with Crippen molar-refractivity contribution in [1.82, 2.24) is 9.80 Å². The van der Waals surface area contributed by atoms with E-state index in [0.29, 0.717) is 13.1 Å². The third kappa shape index (κ3) is 10.3. The number of benzene rings is 1. The van der Waals surface area contributed by atoms with Crippen LogP contribution in [0.3, 0.4) is 0 Å². The molecule has 2 atom stereocenters. The summed E-state index contributed by atoms with van der Waals surface area (Å²) in [5.41, 5.74) is -6.64. The van der Waals surface area contributed by atoms with Crippen molar-refractivity contribution in [1.29, 1.82) is 0 Å². The van der Waals surface area contributed by atoms with Crippen molar-refractivity contribution < 1.29 is 35.4 Å². The summed E-state index contributed by atoms with van der Waals surface area (Å²) in [7, 11) is -3.18. The number of alkyl halides is 3. The van der Waals surface area contributed by atoms with E-state index in [1.54, 1.807) is 0 Å². The zero-order valence-electron chi connectivity index (χ0n) is 23.7. The van der Waals surface area contributed by atoms with E-state index in [4.69, 9.17) is 0 Å². The predicted octanol–water partition coefficient (Wildman–Crippen LogP) is 7.25. The molecule has 0 fully saturated rings. The summed E-state index contributed by atoms with van der Waals surface area (Å²) in [5, 5.41) is 0. The SMILES string of the molecule is CCCCC(CC)CN(C)C(=O)c1cc(Br)cc(C(=O)N(C)CC(CC)CCCC)c1OS(=O)(=O)C(F)(F)F. The fourth-order valence-electron chi connectivity index (χ4n) is 4.34. The van der Waals surface area contributed by atoms with E-state index < -0.39 is 44.3 Å². The molecule has 0 saturated carbocycles. The van der Waals surface area contributed by atoms with Gasteiger partial charge in [0.15, 0.2) is 5.75 Å². The molecule has 0 N–H and O–H groups in total. The Bertz CT molecular complexity index is 1010. The van der Waals surface area contributed by atoms with Crippen molar-refractivity contribution in [2.24, 2.45) is 11.8 Å². The highest BCUT2D eigenvalue weighted by molar-refractivity contribution is 9.10. The number of halogens is 4. The van der Waals surface area contributed by atoms with Gasteiger partial charge in [0.1, 0.15) is 0 Å². The molecular weight excluding hydrogens is 601 g/mol. The number of amides is 2. The Balaban J connectivity index is 3.59. The van der Waals surface area contributed by atoms with Crippen molar-refractivity contribution in [2.75, 3.05) is 27.2 Å². The predicted molar refractivity (Wildman–Crippen MR) is 150 cm³/mol. The molecule has 0 aliphatic rings. The normalized spacial score (nSPS) is 13.6. The number of carbonyl (C=O) groups is 2. The average molecular weight is 644 g/mol. The van der Waals surface area contributed by atoms with Crippen LogP contribution in [0.4, 0.5) is 13.2 Å². The van der Waals surface area contributed by atoms with Gasteiger partial charge in [-0.3, -0.25) is 9.59 Å². The molecule has 224 valence electrons. The topological polar surface area (TPSA) is 84.0 Å². The fraction of sp³-hybridized carbons (Fsp3) is 0.704. The molecule has 7 nitrogen and oxygen atoms in total. The van der Waals surface area contributed by atoms with Gasteiger partial charge in [0.2, 0.25) is 0 Å². The lowest BCUT2D eigenvalue weighted by Gasteiger charge is -2.27. The quantitative estimate of drug-likeness (QED) is 0.140. The Labute approximate surface area is 239 Å². The summed E-state index contributed by atoms with van der Waals surface area (Å²) in [6.07, 6.45) is 7.16. The minimum Gasteiger partial charge on any atom is -0.374 e.